The zero-order valence-corrected chi connectivity index (χ0v) is 12.7. The Kier molecular flexibility index (Phi) is 4.21. The molecule has 2 aliphatic carbocycles. The molecule has 0 saturated heterocycles. The van der Waals surface area contributed by atoms with Crippen LogP contribution in [0.5, 0.6) is 0 Å². The van der Waals surface area contributed by atoms with Crippen LogP contribution in [0.2, 0.25) is 0 Å². The van der Waals surface area contributed by atoms with Gasteiger partial charge in [0.05, 0.1) is 24.0 Å². The fourth-order valence-electron chi connectivity index (χ4n) is 3.36. The van der Waals surface area contributed by atoms with Gasteiger partial charge >= 0.3 is 11.9 Å². The highest BCUT2D eigenvalue weighted by Crippen LogP contribution is 2.55. The van der Waals surface area contributed by atoms with E-state index in [1.54, 1.807) is 0 Å². The Morgan fingerprint density at radius 2 is 1.80 bits per heavy atom. The molecule has 2 bridgehead atoms. The Balaban J connectivity index is 2.16. The molecule has 0 aromatic rings. The van der Waals surface area contributed by atoms with Crippen molar-refractivity contribution in [1.29, 1.82) is 0 Å². The summed E-state index contributed by atoms with van der Waals surface area (Å²) in [6.45, 7) is 7.30. The van der Waals surface area contributed by atoms with Gasteiger partial charge in [0, 0.05) is 0 Å². The molecule has 3 unspecified atom stereocenters. The average molecular weight is 280 g/mol. The molecule has 2 rings (SSSR count). The van der Waals surface area contributed by atoms with Crippen molar-refractivity contribution in [3.05, 3.63) is 12.2 Å². The Bertz CT molecular complexity index is 424. The number of esters is 2. The number of ether oxygens (including phenoxy) is 2. The van der Waals surface area contributed by atoms with Gasteiger partial charge in [0.15, 0.2) is 0 Å². The fraction of sp³-hybridized carbons (Fsp3) is 0.750. The first-order chi connectivity index (χ1) is 9.33. The van der Waals surface area contributed by atoms with Gasteiger partial charge in [-0.3, -0.25) is 9.59 Å². The summed E-state index contributed by atoms with van der Waals surface area (Å²) in [7, 11) is 0. The molecule has 4 heteroatoms. The van der Waals surface area contributed by atoms with Crippen molar-refractivity contribution in [3.63, 3.8) is 0 Å². The van der Waals surface area contributed by atoms with E-state index in [-0.39, 0.29) is 36.5 Å². The molecule has 0 amide bonds. The van der Waals surface area contributed by atoms with Crippen LogP contribution in [-0.2, 0) is 19.1 Å². The van der Waals surface area contributed by atoms with Crippen LogP contribution >= 0.6 is 0 Å². The fourth-order valence-corrected chi connectivity index (χ4v) is 3.36. The summed E-state index contributed by atoms with van der Waals surface area (Å²) < 4.78 is 10.6. The lowest BCUT2D eigenvalue weighted by atomic mass is 9.73. The molecule has 112 valence electrons. The van der Waals surface area contributed by atoms with E-state index >= 15 is 0 Å². The molecule has 1 fully saturated rings. The van der Waals surface area contributed by atoms with Gasteiger partial charge < -0.3 is 9.47 Å². The van der Waals surface area contributed by atoms with E-state index < -0.39 is 5.41 Å². The van der Waals surface area contributed by atoms with E-state index in [0.29, 0.717) is 12.3 Å². The van der Waals surface area contributed by atoms with Gasteiger partial charge in [0.1, 0.15) is 0 Å². The second kappa shape index (κ2) is 5.58. The molecule has 4 nitrogen and oxygen atoms in total. The van der Waals surface area contributed by atoms with Crippen molar-refractivity contribution in [2.45, 2.75) is 59.2 Å². The molecule has 0 radical (unpaired) electrons. The third kappa shape index (κ3) is 2.89. The molecule has 2 aliphatic rings. The molecule has 0 spiro atoms. The van der Waals surface area contributed by atoms with Crippen LogP contribution in [0.1, 0.15) is 47.0 Å². The molecule has 1 saturated carbocycles. The van der Waals surface area contributed by atoms with E-state index in [1.165, 1.54) is 0 Å². The normalized spacial score (nSPS) is 31.1. The van der Waals surface area contributed by atoms with Gasteiger partial charge in [0.25, 0.3) is 0 Å². The van der Waals surface area contributed by atoms with Crippen molar-refractivity contribution < 1.29 is 19.1 Å². The third-order valence-electron chi connectivity index (χ3n) is 4.08. The van der Waals surface area contributed by atoms with E-state index in [9.17, 15) is 9.59 Å². The van der Waals surface area contributed by atoms with Gasteiger partial charge in [0.2, 0.25) is 0 Å². The number of allylic oxidation sites excluding steroid dienone is 2. The largest absolute Gasteiger partial charge is 0.463 e. The second-order valence-electron chi connectivity index (χ2n) is 6.52. The summed E-state index contributed by atoms with van der Waals surface area (Å²) in [5.41, 5.74) is -0.713. The van der Waals surface area contributed by atoms with Gasteiger partial charge in [-0.05, 0) is 52.4 Å². The van der Waals surface area contributed by atoms with Crippen molar-refractivity contribution in [1.82, 2.24) is 0 Å². The molecule has 0 N–H and O–H groups in total. The maximum atomic E-state index is 12.5. The average Bonchev–Trinajstić information content (AvgIpc) is 2.87. The molecule has 0 heterocycles. The van der Waals surface area contributed by atoms with E-state index in [2.05, 4.69) is 12.2 Å². The van der Waals surface area contributed by atoms with Gasteiger partial charge in [-0.2, -0.15) is 0 Å². The van der Waals surface area contributed by atoms with Gasteiger partial charge in [-0.1, -0.05) is 12.2 Å². The second-order valence-corrected chi connectivity index (χ2v) is 6.52. The minimum Gasteiger partial charge on any atom is -0.463 e. The highest BCUT2D eigenvalue weighted by atomic mass is 16.6. The van der Waals surface area contributed by atoms with Crippen LogP contribution in [0.25, 0.3) is 0 Å². The quantitative estimate of drug-likeness (QED) is 0.574. The number of carbonyl (C=O) groups is 2. The number of hydrogen-bond donors (Lipinski definition) is 0. The monoisotopic (exact) mass is 280 g/mol. The van der Waals surface area contributed by atoms with Gasteiger partial charge in [-0.25, -0.2) is 0 Å². The van der Waals surface area contributed by atoms with Crippen LogP contribution < -0.4 is 0 Å². The lowest BCUT2D eigenvalue weighted by Crippen LogP contribution is -2.40. The zero-order valence-electron chi connectivity index (χ0n) is 12.7. The topological polar surface area (TPSA) is 52.6 Å². The SMILES string of the molecule is CC(C)OC(=O)CC1(C(=O)OC(C)C)CC2C=CC1C2. The van der Waals surface area contributed by atoms with Crippen LogP contribution in [-0.4, -0.2) is 24.1 Å². The first-order valence-electron chi connectivity index (χ1n) is 7.42. The highest BCUT2D eigenvalue weighted by molar-refractivity contribution is 5.85. The van der Waals surface area contributed by atoms with E-state index in [4.69, 9.17) is 9.47 Å². The minimum atomic E-state index is -0.713. The van der Waals surface area contributed by atoms with Crippen molar-refractivity contribution in [2.24, 2.45) is 17.3 Å². The van der Waals surface area contributed by atoms with Crippen LogP contribution in [0, 0.1) is 17.3 Å². The minimum absolute atomic E-state index is 0.110. The number of hydrogen-bond acceptors (Lipinski definition) is 4. The van der Waals surface area contributed by atoms with Crippen LogP contribution in [0.15, 0.2) is 12.2 Å². The third-order valence-corrected chi connectivity index (χ3v) is 4.08. The maximum Gasteiger partial charge on any atom is 0.313 e. The number of fused-ring (bicyclic) bond motifs is 2. The molecule has 0 aromatic carbocycles. The molecule has 20 heavy (non-hydrogen) atoms. The Morgan fingerprint density at radius 3 is 2.25 bits per heavy atom. The van der Waals surface area contributed by atoms with Crippen LogP contribution in [0.3, 0.4) is 0 Å². The first kappa shape index (κ1) is 15.1. The first-order valence-corrected chi connectivity index (χ1v) is 7.42. The highest BCUT2D eigenvalue weighted by Gasteiger charge is 2.56. The summed E-state index contributed by atoms with van der Waals surface area (Å²) in [6, 6.07) is 0. The van der Waals surface area contributed by atoms with Gasteiger partial charge in [-0.15, -0.1) is 0 Å². The molecular weight excluding hydrogens is 256 g/mol. The standard InChI is InChI=1S/C16H24O4/c1-10(2)19-14(17)9-16(15(18)20-11(3)4)8-12-5-6-13(16)7-12/h5-6,10-13H,7-9H2,1-4H3. The lowest BCUT2D eigenvalue weighted by molar-refractivity contribution is -0.169. The summed E-state index contributed by atoms with van der Waals surface area (Å²) >= 11 is 0. The summed E-state index contributed by atoms with van der Waals surface area (Å²) in [4.78, 5) is 24.6. The molecule has 0 aliphatic heterocycles. The smallest absolute Gasteiger partial charge is 0.313 e. The Labute approximate surface area is 120 Å². The zero-order chi connectivity index (χ0) is 14.9. The maximum absolute atomic E-state index is 12.5. The van der Waals surface area contributed by atoms with E-state index in [0.717, 1.165) is 6.42 Å². The summed E-state index contributed by atoms with van der Waals surface area (Å²) in [5.74, 6) is -0.0447. The van der Waals surface area contributed by atoms with Crippen molar-refractivity contribution in [2.75, 3.05) is 0 Å². The number of carbonyl (C=O) groups excluding carboxylic acids is 2. The molecular formula is C16H24O4. The summed E-state index contributed by atoms with van der Waals surface area (Å²) in [5, 5.41) is 0. The summed E-state index contributed by atoms with van der Waals surface area (Å²) in [6.07, 6.45) is 5.67. The Hall–Kier alpha value is -1.32. The Morgan fingerprint density at radius 1 is 1.15 bits per heavy atom. The van der Waals surface area contributed by atoms with E-state index in [1.807, 2.05) is 27.7 Å². The predicted molar refractivity (Wildman–Crippen MR) is 74.9 cm³/mol. The number of rotatable bonds is 5. The molecule has 3 atom stereocenters. The lowest BCUT2D eigenvalue weighted by Gasteiger charge is -2.33. The predicted octanol–water partition coefficient (Wildman–Crippen LogP) is 2.86. The molecule has 0 aromatic heterocycles. The van der Waals surface area contributed by atoms with Crippen molar-refractivity contribution in [3.8, 4) is 0 Å². The van der Waals surface area contributed by atoms with Crippen molar-refractivity contribution >= 4 is 11.9 Å². The van der Waals surface area contributed by atoms with Crippen LogP contribution in [0.4, 0.5) is 0 Å².